The summed E-state index contributed by atoms with van der Waals surface area (Å²) in [5, 5.41) is 9.36. The predicted molar refractivity (Wildman–Crippen MR) is 53.9 cm³/mol. The van der Waals surface area contributed by atoms with E-state index in [0.717, 1.165) is 12.8 Å². The largest absolute Gasteiger partial charge is 0.395 e. The number of hydrogen-bond acceptors (Lipinski definition) is 1. The Hall–Kier alpha value is -0.820. The minimum Gasteiger partial charge on any atom is -0.395 e. The maximum atomic E-state index is 9.36. The predicted octanol–water partition coefficient (Wildman–Crippen LogP) is 2.33. The Morgan fingerprint density at radius 1 is 1.23 bits per heavy atom. The van der Waals surface area contributed by atoms with E-state index in [9.17, 15) is 5.11 Å². The lowest BCUT2D eigenvalue weighted by molar-refractivity contribution is 0.254. The van der Waals surface area contributed by atoms with E-state index in [1.54, 1.807) is 0 Å². The molecule has 0 unspecified atom stereocenters. The van der Waals surface area contributed by atoms with Gasteiger partial charge in [-0.15, -0.1) is 0 Å². The molecule has 1 nitrogen and oxygen atoms in total. The molecule has 1 aromatic carbocycles. The van der Waals surface area contributed by atoms with Crippen molar-refractivity contribution in [3.05, 3.63) is 34.9 Å². The first-order valence-corrected chi connectivity index (χ1v) is 4.87. The lowest BCUT2D eigenvalue weighted by Crippen LogP contribution is -2.15. The molecule has 13 heavy (non-hydrogen) atoms. The van der Waals surface area contributed by atoms with Crippen molar-refractivity contribution in [2.75, 3.05) is 6.61 Å². The summed E-state index contributed by atoms with van der Waals surface area (Å²) < 4.78 is 0. The summed E-state index contributed by atoms with van der Waals surface area (Å²) >= 11 is 0. The van der Waals surface area contributed by atoms with Crippen molar-refractivity contribution in [3.8, 4) is 0 Å². The Morgan fingerprint density at radius 2 is 1.77 bits per heavy atom. The number of benzene rings is 1. The van der Waals surface area contributed by atoms with E-state index in [0.29, 0.717) is 6.61 Å². The highest BCUT2D eigenvalue weighted by Crippen LogP contribution is 2.49. The topological polar surface area (TPSA) is 20.2 Å². The molecule has 70 valence electrons. The van der Waals surface area contributed by atoms with Gasteiger partial charge in [-0.2, -0.15) is 0 Å². The SMILES string of the molecule is Cc1cccc(C)c1C1(CO)CC1. The zero-order valence-corrected chi connectivity index (χ0v) is 8.30. The molecule has 0 saturated heterocycles. The summed E-state index contributed by atoms with van der Waals surface area (Å²) in [5.74, 6) is 0. The van der Waals surface area contributed by atoms with Crippen LogP contribution in [0, 0.1) is 13.8 Å². The Bertz CT molecular complexity index is 304. The number of rotatable bonds is 2. The Balaban J connectivity index is 2.50. The second-order valence-corrected chi connectivity index (χ2v) is 4.21. The normalized spacial score (nSPS) is 18.7. The van der Waals surface area contributed by atoms with Gasteiger partial charge >= 0.3 is 0 Å². The maximum absolute atomic E-state index is 9.36. The average molecular weight is 176 g/mol. The molecule has 1 heteroatoms. The van der Waals surface area contributed by atoms with Crippen LogP contribution in [0.1, 0.15) is 29.5 Å². The van der Waals surface area contributed by atoms with Crippen LogP contribution >= 0.6 is 0 Å². The molecule has 0 amide bonds. The van der Waals surface area contributed by atoms with Gasteiger partial charge < -0.3 is 5.11 Å². The number of aliphatic hydroxyl groups is 1. The zero-order valence-electron chi connectivity index (χ0n) is 8.30. The van der Waals surface area contributed by atoms with Gasteiger partial charge in [-0.05, 0) is 43.4 Å². The highest BCUT2D eigenvalue weighted by atomic mass is 16.3. The fourth-order valence-electron chi connectivity index (χ4n) is 2.29. The number of hydrogen-bond donors (Lipinski definition) is 1. The van der Waals surface area contributed by atoms with Crippen molar-refractivity contribution in [2.24, 2.45) is 0 Å². The monoisotopic (exact) mass is 176 g/mol. The van der Waals surface area contributed by atoms with Crippen LogP contribution in [0.25, 0.3) is 0 Å². The quantitative estimate of drug-likeness (QED) is 0.733. The Kier molecular flexibility index (Phi) is 1.92. The third-order valence-corrected chi connectivity index (χ3v) is 3.17. The Labute approximate surface area is 79.4 Å². The van der Waals surface area contributed by atoms with E-state index in [1.807, 2.05) is 0 Å². The van der Waals surface area contributed by atoms with Crippen LogP contribution < -0.4 is 0 Å². The van der Waals surface area contributed by atoms with E-state index in [1.165, 1.54) is 16.7 Å². The van der Waals surface area contributed by atoms with E-state index < -0.39 is 0 Å². The summed E-state index contributed by atoms with van der Waals surface area (Å²) in [4.78, 5) is 0. The van der Waals surface area contributed by atoms with Gasteiger partial charge in [-0.1, -0.05) is 18.2 Å². The molecule has 0 radical (unpaired) electrons. The lowest BCUT2D eigenvalue weighted by atomic mass is 9.89. The molecule has 2 rings (SSSR count). The fourth-order valence-corrected chi connectivity index (χ4v) is 2.29. The second-order valence-electron chi connectivity index (χ2n) is 4.21. The van der Waals surface area contributed by atoms with Crippen molar-refractivity contribution < 1.29 is 5.11 Å². The highest BCUT2D eigenvalue weighted by Gasteiger charge is 2.45. The van der Waals surface area contributed by atoms with Gasteiger partial charge in [0.15, 0.2) is 0 Å². The van der Waals surface area contributed by atoms with E-state index >= 15 is 0 Å². The molecule has 1 aliphatic rings. The van der Waals surface area contributed by atoms with E-state index in [4.69, 9.17) is 0 Å². The minimum atomic E-state index is 0.120. The van der Waals surface area contributed by atoms with E-state index in [2.05, 4.69) is 32.0 Å². The lowest BCUT2D eigenvalue weighted by Gasteiger charge is -2.18. The van der Waals surface area contributed by atoms with Crippen molar-refractivity contribution in [1.82, 2.24) is 0 Å². The van der Waals surface area contributed by atoms with Crippen LogP contribution in [0.3, 0.4) is 0 Å². The van der Waals surface area contributed by atoms with Crippen molar-refractivity contribution in [3.63, 3.8) is 0 Å². The van der Waals surface area contributed by atoms with Crippen molar-refractivity contribution >= 4 is 0 Å². The first-order valence-electron chi connectivity index (χ1n) is 4.87. The molecule has 0 aliphatic heterocycles. The summed E-state index contributed by atoms with van der Waals surface area (Å²) in [6.07, 6.45) is 2.30. The van der Waals surface area contributed by atoms with Crippen LogP contribution in [0.5, 0.6) is 0 Å². The van der Waals surface area contributed by atoms with Crippen LogP contribution in [0.15, 0.2) is 18.2 Å². The molecule has 1 saturated carbocycles. The van der Waals surface area contributed by atoms with Crippen molar-refractivity contribution in [2.45, 2.75) is 32.1 Å². The number of aliphatic hydroxyl groups excluding tert-OH is 1. The zero-order chi connectivity index (χ0) is 9.47. The molecule has 1 aromatic rings. The maximum Gasteiger partial charge on any atom is 0.0528 e. The number of aryl methyl sites for hydroxylation is 2. The second kappa shape index (κ2) is 2.85. The van der Waals surface area contributed by atoms with Gasteiger partial charge in [-0.3, -0.25) is 0 Å². The van der Waals surface area contributed by atoms with Crippen LogP contribution in [0.4, 0.5) is 0 Å². The Morgan fingerprint density at radius 3 is 2.15 bits per heavy atom. The third kappa shape index (κ3) is 1.28. The average Bonchev–Trinajstić information content (AvgIpc) is 2.85. The molecule has 0 spiro atoms. The summed E-state index contributed by atoms with van der Waals surface area (Å²) in [6, 6.07) is 6.36. The summed E-state index contributed by atoms with van der Waals surface area (Å²) in [7, 11) is 0. The summed E-state index contributed by atoms with van der Waals surface area (Å²) in [5.41, 5.74) is 4.16. The minimum absolute atomic E-state index is 0.120. The first kappa shape index (κ1) is 8.76. The van der Waals surface area contributed by atoms with Gasteiger partial charge in [-0.25, -0.2) is 0 Å². The smallest absolute Gasteiger partial charge is 0.0528 e. The molecular formula is C12H16O. The van der Waals surface area contributed by atoms with Crippen LogP contribution in [-0.2, 0) is 5.41 Å². The standard InChI is InChI=1S/C12H16O/c1-9-4-3-5-10(2)11(9)12(8-13)6-7-12/h3-5,13H,6-8H2,1-2H3. The molecule has 0 atom stereocenters. The fraction of sp³-hybridized carbons (Fsp3) is 0.500. The molecular weight excluding hydrogens is 160 g/mol. The molecule has 0 bridgehead atoms. The van der Waals surface area contributed by atoms with Crippen LogP contribution in [-0.4, -0.2) is 11.7 Å². The molecule has 1 fully saturated rings. The molecule has 0 heterocycles. The van der Waals surface area contributed by atoms with Gasteiger partial charge in [0.25, 0.3) is 0 Å². The van der Waals surface area contributed by atoms with Crippen molar-refractivity contribution in [1.29, 1.82) is 0 Å². The molecule has 1 aliphatic carbocycles. The van der Waals surface area contributed by atoms with Gasteiger partial charge in [0.2, 0.25) is 0 Å². The first-order chi connectivity index (χ1) is 6.19. The highest BCUT2D eigenvalue weighted by molar-refractivity contribution is 5.43. The van der Waals surface area contributed by atoms with Crippen LogP contribution in [0.2, 0.25) is 0 Å². The third-order valence-electron chi connectivity index (χ3n) is 3.17. The van der Waals surface area contributed by atoms with Gasteiger partial charge in [0, 0.05) is 5.41 Å². The van der Waals surface area contributed by atoms with Gasteiger partial charge in [0.05, 0.1) is 6.61 Å². The van der Waals surface area contributed by atoms with E-state index in [-0.39, 0.29) is 5.41 Å². The molecule has 1 N–H and O–H groups in total. The van der Waals surface area contributed by atoms with Gasteiger partial charge in [0.1, 0.15) is 0 Å². The molecule has 0 aromatic heterocycles. The summed E-state index contributed by atoms with van der Waals surface area (Å²) in [6.45, 7) is 4.58.